The summed E-state index contributed by atoms with van der Waals surface area (Å²) in [7, 11) is 1.87. The minimum atomic E-state index is -0.0205. The van der Waals surface area contributed by atoms with Crippen LogP contribution in [0.5, 0.6) is 0 Å². The van der Waals surface area contributed by atoms with E-state index in [2.05, 4.69) is 5.10 Å². The molecule has 0 saturated carbocycles. The molecular weight excluding hydrogens is 358 g/mol. The summed E-state index contributed by atoms with van der Waals surface area (Å²) in [5.74, 6) is 0.0457. The molecule has 0 atom stereocenters. The molecule has 1 aromatic heterocycles. The first-order valence-electron chi connectivity index (χ1n) is 10.4. The van der Waals surface area contributed by atoms with Crippen LogP contribution in [-0.4, -0.2) is 74.9 Å². The zero-order valence-corrected chi connectivity index (χ0v) is 16.7. The van der Waals surface area contributed by atoms with Gasteiger partial charge in [0, 0.05) is 76.8 Å². The Balaban J connectivity index is 1.41. The molecule has 0 spiro atoms. The molecular formula is C20H29N5O3. The Morgan fingerprint density at radius 2 is 1.39 bits per heavy atom. The van der Waals surface area contributed by atoms with Gasteiger partial charge in [0.15, 0.2) is 5.69 Å². The van der Waals surface area contributed by atoms with Crippen LogP contribution in [0, 0.1) is 0 Å². The van der Waals surface area contributed by atoms with E-state index in [0.717, 1.165) is 63.1 Å². The highest BCUT2D eigenvalue weighted by atomic mass is 16.2. The van der Waals surface area contributed by atoms with Gasteiger partial charge >= 0.3 is 0 Å². The summed E-state index contributed by atoms with van der Waals surface area (Å²) in [6, 6.07) is 0. The minimum absolute atomic E-state index is 0.0124. The van der Waals surface area contributed by atoms with E-state index in [1.54, 1.807) is 9.58 Å². The second-order valence-corrected chi connectivity index (χ2v) is 8.05. The van der Waals surface area contributed by atoms with E-state index in [1.807, 2.05) is 16.8 Å². The fourth-order valence-electron chi connectivity index (χ4n) is 4.54. The molecule has 2 fully saturated rings. The number of carbonyl (C=O) groups excluding carboxylic acids is 3. The summed E-state index contributed by atoms with van der Waals surface area (Å²) in [6.45, 7) is 4.22. The number of fused-ring (bicyclic) bond motifs is 1. The predicted molar refractivity (Wildman–Crippen MR) is 103 cm³/mol. The highest BCUT2D eigenvalue weighted by Gasteiger charge is 2.32. The van der Waals surface area contributed by atoms with Crippen LogP contribution in [0.4, 0.5) is 0 Å². The molecule has 0 aromatic carbocycles. The molecule has 2 saturated heterocycles. The fourth-order valence-corrected chi connectivity index (χ4v) is 4.54. The maximum absolute atomic E-state index is 12.9. The lowest BCUT2D eigenvalue weighted by Crippen LogP contribution is -2.38. The molecule has 0 unspecified atom stereocenters. The largest absolute Gasteiger partial charge is 0.343 e. The average Bonchev–Trinajstić information content (AvgIpc) is 3.46. The van der Waals surface area contributed by atoms with Gasteiger partial charge in [-0.25, -0.2) is 0 Å². The van der Waals surface area contributed by atoms with Gasteiger partial charge in [0.05, 0.1) is 0 Å². The Bertz CT molecular complexity index is 775. The van der Waals surface area contributed by atoms with E-state index >= 15 is 0 Å². The third kappa shape index (κ3) is 3.64. The van der Waals surface area contributed by atoms with Crippen LogP contribution in [0.25, 0.3) is 0 Å². The molecule has 0 aliphatic carbocycles. The van der Waals surface area contributed by atoms with Gasteiger partial charge in [-0.2, -0.15) is 5.10 Å². The van der Waals surface area contributed by atoms with Crippen LogP contribution in [-0.2, 0) is 29.6 Å². The molecule has 8 heteroatoms. The summed E-state index contributed by atoms with van der Waals surface area (Å²) in [5, 5.41) is 4.48. The average molecular weight is 387 g/mol. The Morgan fingerprint density at radius 1 is 0.821 bits per heavy atom. The first kappa shape index (κ1) is 19.0. The van der Waals surface area contributed by atoms with Crippen molar-refractivity contribution in [2.24, 2.45) is 7.05 Å². The van der Waals surface area contributed by atoms with E-state index in [9.17, 15) is 14.4 Å². The lowest BCUT2D eigenvalue weighted by molar-refractivity contribution is -0.137. The summed E-state index contributed by atoms with van der Waals surface area (Å²) in [6.07, 6.45) is 5.40. The van der Waals surface area contributed by atoms with Gasteiger partial charge in [-0.15, -0.1) is 0 Å². The Kier molecular flexibility index (Phi) is 5.37. The van der Waals surface area contributed by atoms with Crippen molar-refractivity contribution < 1.29 is 14.4 Å². The normalized spacial score (nSPS) is 19.2. The second-order valence-electron chi connectivity index (χ2n) is 8.05. The molecule has 4 rings (SSSR count). The number of nitrogens with zero attached hydrogens (tertiary/aromatic N) is 5. The number of likely N-dealkylation sites (tertiary alicyclic amines) is 2. The van der Waals surface area contributed by atoms with E-state index in [0.29, 0.717) is 25.2 Å². The van der Waals surface area contributed by atoms with Crippen LogP contribution in [0.2, 0.25) is 0 Å². The quantitative estimate of drug-likeness (QED) is 0.770. The zero-order chi connectivity index (χ0) is 19.7. The molecule has 1 aromatic rings. The lowest BCUT2D eigenvalue weighted by atomic mass is 10.0. The topological polar surface area (TPSA) is 78.8 Å². The van der Waals surface area contributed by atoms with Crippen molar-refractivity contribution in [2.45, 2.75) is 51.5 Å². The van der Waals surface area contributed by atoms with Crippen LogP contribution in [0.1, 0.15) is 60.3 Å². The summed E-state index contributed by atoms with van der Waals surface area (Å²) < 4.78 is 1.79. The molecule has 0 radical (unpaired) electrons. The Morgan fingerprint density at radius 3 is 2.04 bits per heavy atom. The van der Waals surface area contributed by atoms with Gasteiger partial charge in [-0.05, 0) is 25.7 Å². The Hall–Kier alpha value is -2.38. The molecule has 152 valence electrons. The molecule has 0 bridgehead atoms. The van der Waals surface area contributed by atoms with Crippen LogP contribution in [0.15, 0.2) is 0 Å². The third-order valence-electron chi connectivity index (χ3n) is 6.20. The van der Waals surface area contributed by atoms with E-state index in [-0.39, 0.29) is 30.6 Å². The van der Waals surface area contributed by atoms with E-state index in [4.69, 9.17) is 0 Å². The number of hydrogen-bond donors (Lipinski definition) is 0. The lowest BCUT2D eigenvalue weighted by Gasteiger charge is -2.28. The predicted octanol–water partition coefficient (Wildman–Crippen LogP) is 0.943. The second kappa shape index (κ2) is 7.93. The maximum Gasteiger partial charge on any atom is 0.274 e. The van der Waals surface area contributed by atoms with Gasteiger partial charge in [0.2, 0.25) is 11.8 Å². The molecule has 4 heterocycles. The van der Waals surface area contributed by atoms with E-state index < -0.39 is 0 Å². The van der Waals surface area contributed by atoms with Crippen molar-refractivity contribution in [1.29, 1.82) is 0 Å². The van der Waals surface area contributed by atoms with Crippen LogP contribution in [0.3, 0.4) is 0 Å². The van der Waals surface area contributed by atoms with Gasteiger partial charge in [0.1, 0.15) is 0 Å². The number of amides is 3. The first-order valence-corrected chi connectivity index (χ1v) is 10.4. The maximum atomic E-state index is 12.9. The Labute approximate surface area is 165 Å². The molecule has 0 N–H and O–H groups in total. The van der Waals surface area contributed by atoms with Crippen molar-refractivity contribution in [3.05, 3.63) is 17.0 Å². The number of aromatic nitrogens is 2. The van der Waals surface area contributed by atoms with Gasteiger partial charge < -0.3 is 14.7 Å². The summed E-state index contributed by atoms with van der Waals surface area (Å²) >= 11 is 0. The third-order valence-corrected chi connectivity index (χ3v) is 6.20. The summed E-state index contributed by atoms with van der Waals surface area (Å²) in [4.78, 5) is 43.3. The van der Waals surface area contributed by atoms with E-state index in [1.165, 1.54) is 0 Å². The molecule has 3 aliphatic heterocycles. The molecule has 3 aliphatic rings. The van der Waals surface area contributed by atoms with Crippen molar-refractivity contribution in [1.82, 2.24) is 24.5 Å². The van der Waals surface area contributed by atoms with Gasteiger partial charge in [0.25, 0.3) is 5.91 Å². The molecule has 8 nitrogen and oxygen atoms in total. The number of carbonyl (C=O) groups is 3. The fraction of sp³-hybridized carbons (Fsp3) is 0.700. The SMILES string of the molecule is Cn1nc(C(=O)N2CCCC2)c2c1CCN(C(=O)CCC(=O)N1CCCC1)C2. The smallest absolute Gasteiger partial charge is 0.274 e. The highest BCUT2D eigenvalue weighted by Crippen LogP contribution is 2.25. The van der Waals surface area contributed by atoms with Gasteiger partial charge in [-0.3, -0.25) is 19.1 Å². The van der Waals surface area contributed by atoms with Crippen LogP contribution < -0.4 is 0 Å². The number of hydrogen-bond acceptors (Lipinski definition) is 4. The van der Waals surface area contributed by atoms with Gasteiger partial charge in [-0.1, -0.05) is 0 Å². The number of aryl methyl sites for hydroxylation is 1. The van der Waals surface area contributed by atoms with Crippen molar-refractivity contribution in [3.8, 4) is 0 Å². The number of rotatable bonds is 4. The zero-order valence-electron chi connectivity index (χ0n) is 16.7. The minimum Gasteiger partial charge on any atom is -0.343 e. The summed E-state index contributed by atoms with van der Waals surface area (Å²) in [5.41, 5.74) is 2.41. The monoisotopic (exact) mass is 387 g/mol. The van der Waals surface area contributed by atoms with Crippen molar-refractivity contribution in [2.75, 3.05) is 32.7 Å². The van der Waals surface area contributed by atoms with Crippen LogP contribution >= 0.6 is 0 Å². The molecule has 3 amide bonds. The molecule has 28 heavy (non-hydrogen) atoms. The van der Waals surface area contributed by atoms with Crippen molar-refractivity contribution >= 4 is 17.7 Å². The highest BCUT2D eigenvalue weighted by molar-refractivity contribution is 5.94. The first-order chi connectivity index (χ1) is 13.5. The van der Waals surface area contributed by atoms with Crippen molar-refractivity contribution in [3.63, 3.8) is 0 Å². The standard InChI is InChI=1S/C20H29N5O3/c1-22-16-8-13-25(18(27)7-6-17(26)23-9-2-3-10-23)14-15(16)19(21-22)20(28)24-11-4-5-12-24/h2-14H2,1H3.